The van der Waals surface area contributed by atoms with E-state index >= 15 is 0 Å². The minimum absolute atomic E-state index is 0.0615. The van der Waals surface area contributed by atoms with Crippen LogP contribution in [-0.4, -0.2) is 45.7 Å². The Kier molecular flexibility index (Phi) is 7.22. The lowest BCUT2D eigenvalue weighted by atomic mass is 9.70. The first kappa shape index (κ1) is 27.6. The van der Waals surface area contributed by atoms with E-state index in [1.807, 2.05) is 42.3 Å². The van der Waals surface area contributed by atoms with Gasteiger partial charge in [-0.05, 0) is 61.2 Å². The molecule has 1 spiro atoms. The standard InChI is InChI=1S/C32H30F3N5O2/c1-40-31(42)27-24(18-32(40)13-5-14-32)38-28(29(27)37-22-6-3-2-4-7-22)20-12-15-36-26(16-20)39-30(41)23(17-25(34)35)19-8-10-21(33)11-9-19/h2-4,6-12,15-16,23,25,37-38H,5,13-14,17-18H2,1H3,(H,36,39,41)/t23-/m1/s1. The summed E-state index contributed by atoms with van der Waals surface area (Å²) in [6.07, 6.45) is 1.73. The van der Waals surface area contributed by atoms with E-state index < -0.39 is 30.5 Å². The summed E-state index contributed by atoms with van der Waals surface area (Å²) in [4.78, 5) is 36.5. The fraction of sp³-hybridized carbons (Fsp3) is 0.281. The predicted molar refractivity (Wildman–Crippen MR) is 155 cm³/mol. The Hall–Kier alpha value is -4.60. The summed E-state index contributed by atoms with van der Waals surface area (Å²) >= 11 is 0. The molecule has 216 valence electrons. The third-order valence-electron chi connectivity index (χ3n) is 8.44. The van der Waals surface area contributed by atoms with Crippen molar-refractivity contribution in [2.24, 2.45) is 0 Å². The maximum atomic E-state index is 13.7. The number of aromatic amines is 1. The largest absolute Gasteiger partial charge is 0.356 e. The number of hydrogen-bond acceptors (Lipinski definition) is 4. The number of carbonyl (C=O) groups is 2. The van der Waals surface area contributed by atoms with Crippen molar-refractivity contribution in [3.63, 3.8) is 0 Å². The number of hydrogen-bond donors (Lipinski definition) is 3. The molecule has 2 aromatic heterocycles. The second-order valence-corrected chi connectivity index (χ2v) is 11.0. The molecule has 1 atom stereocenters. The van der Waals surface area contributed by atoms with E-state index in [1.54, 1.807) is 12.1 Å². The number of aromatic nitrogens is 2. The Morgan fingerprint density at radius 1 is 1.10 bits per heavy atom. The minimum Gasteiger partial charge on any atom is -0.356 e. The number of fused-ring (bicyclic) bond motifs is 1. The van der Waals surface area contributed by atoms with Crippen LogP contribution in [0.3, 0.4) is 0 Å². The monoisotopic (exact) mass is 573 g/mol. The number of pyridine rings is 1. The average molecular weight is 574 g/mol. The van der Waals surface area contributed by atoms with Gasteiger partial charge in [0.15, 0.2) is 0 Å². The van der Waals surface area contributed by atoms with Crippen LogP contribution in [0, 0.1) is 5.82 Å². The van der Waals surface area contributed by atoms with E-state index in [2.05, 4.69) is 20.6 Å². The van der Waals surface area contributed by atoms with Crippen molar-refractivity contribution in [3.05, 3.63) is 95.6 Å². The highest BCUT2D eigenvalue weighted by atomic mass is 19.3. The molecule has 10 heteroatoms. The van der Waals surface area contributed by atoms with Crippen LogP contribution < -0.4 is 10.6 Å². The zero-order valence-electron chi connectivity index (χ0n) is 23.0. The van der Waals surface area contributed by atoms with Crippen LogP contribution in [0.25, 0.3) is 11.3 Å². The van der Waals surface area contributed by atoms with Crippen molar-refractivity contribution in [2.75, 3.05) is 17.7 Å². The normalized spacial score (nSPS) is 16.2. The zero-order chi connectivity index (χ0) is 29.4. The van der Waals surface area contributed by atoms with E-state index in [4.69, 9.17) is 0 Å². The van der Waals surface area contributed by atoms with Gasteiger partial charge >= 0.3 is 0 Å². The number of para-hydroxylation sites is 1. The summed E-state index contributed by atoms with van der Waals surface area (Å²) in [5, 5.41) is 6.08. The number of amides is 2. The van der Waals surface area contributed by atoms with E-state index in [9.17, 15) is 22.8 Å². The van der Waals surface area contributed by atoms with Gasteiger partial charge < -0.3 is 20.5 Å². The number of benzene rings is 2. The first-order valence-electron chi connectivity index (χ1n) is 13.9. The molecule has 7 nitrogen and oxygen atoms in total. The molecule has 42 heavy (non-hydrogen) atoms. The van der Waals surface area contributed by atoms with Gasteiger partial charge in [-0.25, -0.2) is 18.2 Å². The molecule has 3 N–H and O–H groups in total. The molecular weight excluding hydrogens is 543 g/mol. The van der Waals surface area contributed by atoms with Gasteiger partial charge in [-0.2, -0.15) is 0 Å². The van der Waals surface area contributed by atoms with Gasteiger partial charge in [-0.15, -0.1) is 0 Å². The number of nitrogens with zero attached hydrogens (tertiary/aromatic N) is 2. The summed E-state index contributed by atoms with van der Waals surface area (Å²) in [5.74, 6) is -2.30. The first-order valence-corrected chi connectivity index (χ1v) is 13.9. The molecule has 1 saturated carbocycles. The zero-order valence-corrected chi connectivity index (χ0v) is 23.0. The summed E-state index contributed by atoms with van der Waals surface area (Å²) in [5.41, 5.74) is 4.24. The van der Waals surface area contributed by atoms with Crippen LogP contribution in [0.15, 0.2) is 72.9 Å². The summed E-state index contributed by atoms with van der Waals surface area (Å²) in [7, 11) is 1.86. The lowest BCUT2D eigenvalue weighted by molar-refractivity contribution is -0.118. The Morgan fingerprint density at radius 3 is 2.50 bits per heavy atom. The second-order valence-electron chi connectivity index (χ2n) is 11.0. The number of alkyl halides is 2. The highest BCUT2D eigenvalue weighted by Crippen LogP contribution is 2.47. The number of nitrogens with one attached hydrogen (secondary N) is 3. The molecule has 2 aromatic carbocycles. The van der Waals surface area contributed by atoms with Crippen LogP contribution in [-0.2, 0) is 11.2 Å². The fourth-order valence-electron chi connectivity index (χ4n) is 5.99. The molecule has 0 radical (unpaired) electrons. The molecule has 1 aliphatic heterocycles. The van der Waals surface area contributed by atoms with Crippen LogP contribution >= 0.6 is 0 Å². The molecule has 1 fully saturated rings. The van der Waals surface area contributed by atoms with Crippen molar-refractivity contribution in [3.8, 4) is 11.3 Å². The van der Waals surface area contributed by atoms with Crippen molar-refractivity contribution in [2.45, 2.75) is 50.0 Å². The minimum atomic E-state index is -2.74. The van der Waals surface area contributed by atoms with Crippen LogP contribution in [0.5, 0.6) is 0 Å². The van der Waals surface area contributed by atoms with Gasteiger partial charge in [0, 0.05) is 48.6 Å². The lowest BCUT2D eigenvalue weighted by Gasteiger charge is -2.51. The van der Waals surface area contributed by atoms with E-state index in [0.29, 0.717) is 28.9 Å². The van der Waals surface area contributed by atoms with Gasteiger partial charge in [0.2, 0.25) is 12.3 Å². The van der Waals surface area contributed by atoms with Gasteiger partial charge in [0.25, 0.3) is 5.91 Å². The summed E-state index contributed by atoms with van der Waals surface area (Å²) in [6.45, 7) is 0. The smallest absolute Gasteiger partial charge is 0.258 e. The molecule has 0 saturated heterocycles. The van der Waals surface area contributed by atoms with Crippen molar-refractivity contribution < 1.29 is 22.8 Å². The van der Waals surface area contributed by atoms with Crippen molar-refractivity contribution in [1.29, 1.82) is 0 Å². The molecule has 2 aliphatic rings. The lowest BCUT2D eigenvalue weighted by Crippen LogP contribution is -2.58. The highest BCUT2D eigenvalue weighted by Gasteiger charge is 2.49. The Morgan fingerprint density at radius 2 is 1.83 bits per heavy atom. The molecule has 4 aromatic rings. The summed E-state index contributed by atoms with van der Waals surface area (Å²) in [6, 6.07) is 17.9. The molecule has 2 amide bonds. The SMILES string of the molecule is CN1C(=O)c2c([nH]c(-c3ccnc(NC(=O)[C@H](CC(F)F)c4ccc(F)cc4)c3)c2Nc2ccccc2)CC12CCC2. The van der Waals surface area contributed by atoms with Crippen LogP contribution in [0.1, 0.15) is 53.2 Å². The third-order valence-corrected chi connectivity index (χ3v) is 8.44. The third kappa shape index (κ3) is 5.13. The maximum Gasteiger partial charge on any atom is 0.258 e. The van der Waals surface area contributed by atoms with Gasteiger partial charge in [-0.3, -0.25) is 9.59 Å². The molecular formula is C32H30F3N5O2. The van der Waals surface area contributed by atoms with Crippen LogP contribution in [0.4, 0.5) is 30.4 Å². The van der Waals surface area contributed by atoms with E-state index in [-0.39, 0.29) is 22.8 Å². The number of likely N-dealkylation sites (N-methyl/N-ethyl adjacent to an activating group) is 1. The Balaban J connectivity index is 1.35. The number of H-pyrrole nitrogens is 1. The van der Waals surface area contributed by atoms with Crippen molar-refractivity contribution >= 4 is 29.0 Å². The summed E-state index contributed by atoms with van der Waals surface area (Å²) < 4.78 is 40.2. The van der Waals surface area contributed by atoms with Gasteiger partial charge in [0.05, 0.1) is 22.9 Å². The maximum absolute atomic E-state index is 13.7. The molecule has 1 aliphatic carbocycles. The molecule has 6 rings (SSSR count). The Bertz CT molecular complexity index is 1620. The van der Waals surface area contributed by atoms with E-state index in [1.165, 1.54) is 18.3 Å². The Labute approximate surface area is 241 Å². The number of anilines is 3. The average Bonchev–Trinajstić information content (AvgIpc) is 3.31. The van der Waals surface area contributed by atoms with Crippen LogP contribution in [0.2, 0.25) is 0 Å². The number of carbonyl (C=O) groups excluding carboxylic acids is 2. The first-order chi connectivity index (χ1) is 20.2. The van der Waals surface area contributed by atoms with Gasteiger partial charge in [-0.1, -0.05) is 30.3 Å². The number of halogens is 3. The van der Waals surface area contributed by atoms with Gasteiger partial charge in [0.1, 0.15) is 11.6 Å². The quantitative estimate of drug-likeness (QED) is 0.214. The van der Waals surface area contributed by atoms with E-state index in [0.717, 1.165) is 42.8 Å². The molecule has 0 bridgehead atoms. The fourth-order valence-corrected chi connectivity index (χ4v) is 5.99. The molecule has 3 heterocycles. The number of rotatable bonds is 8. The predicted octanol–water partition coefficient (Wildman–Crippen LogP) is 6.89. The second kappa shape index (κ2) is 11.0. The topological polar surface area (TPSA) is 90.1 Å². The molecule has 0 unspecified atom stereocenters. The highest BCUT2D eigenvalue weighted by molar-refractivity contribution is 6.07. The van der Waals surface area contributed by atoms with Crippen molar-refractivity contribution in [1.82, 2.24) is 14.9 Å².